The van der Waals surface area contributed by atoms with Crippen molar-refractivity contribution in [2.24, 2.45) is 0 Å². The van der Waals surface area contributed by atoms with Crippen molar-refractivity contribution in [1.82, 2.24) is 0 Å². The molecule has 0 aromatic heterocycles. The van der Waals surface area contributed by atoms with Crippen molar-refractivity contribution < 1.29 is 24.2 Å². The molecule has 0 heterocycles. The minimum atomic E-state index is -1.07. The molecule has 0 amide bonds. The predicted molar refractivity (Wildman–Crippen MR) is 78.5 cm³/mol. The third-order valence-electron chi connectivity index (χ3n) is 3.00. The van der Waals surface area contributed by atoms with Crippen molar-refractivity contribution in [3.05, 3.63) is 29.3 Å². The van der Waals surface area contributed by atoms with Crippen molar-refractivity contribution >= 4 is 11.9 Å². The molecule has 5 nitrogen and oxygen atoms in total. The number of carbonyl (C=O) groups excluding carboxylic acids is 1. The summed E-state index contributed by atoms with van der Waals surface area (Å²) in [6, 6.07) is 5.44. The summed E-state index contributed by atoms with van der Waals surface area (Å²) in [6.45, 7) is 7.22. The van der Waals surface area contributed by atoms with Crippen LogP contribution in [0.25, 0.3) is 0 Å². The second-order valence-electron chi connectivity index (χ2n) is 5.33. The Hall–Kier alpha value is -2.04. The number of hydrogen-bond donors (Lipinski definition) is 1. The lowest BCUT2D eigenvalue weighted by molar-refractivity contribution is -0.158. The summed E-state index contributed by atoms with van der Waals surface area (Å²) in [4.78, 5) is 22.4. The van der Waals surface area contributed by atoms with E-state index in [-0.39, 0.29) is 6.42 Å². The van der Waals surface area contributed by atoms with Gasteiger partial charge in [-0.15, -0.1) is 0 Å². The van der Waals surface area contributed by atoms with E-state index in [0.29, 0.717) is 18.8 Å². The van der Waals surface area contributed by atoms with Gasteiger partial charge < -0.3 is 14.6 Å². The highest BCUT2D eigenvalue weighted by atomic mass is 16.6. The Morgan fingerprint density at radius 1 is 1.29 bits per heavy atom. The fourth-order valence-corrected chi connectivity index (χ4v) is 1.85. The Bertz CT molecular complexity index is 519. The minimum absolute atomic E-state index is 0.0912. The number of rotatable bonds is 7. The Morgan fingerprint density at radius 2 is 1.95 bits per heavy atom. The molecule has 0 aliphatic heterocycles. The molecule has 5 heteroatoms. The van der Waals surface area contributed by atoms with E-state index in [1.807, 2.05) is 19.1 Å². The first kappa shape index (κ1) is 17.0. The lowest BCUT2D eigenvalue weighted by Crippen LogP contribution is -2.39. The smallest absolute Gasteiger partial charge is 0.349 e. The van der Waals surface area contributed by atoms with Gasteiger partial charge in [0.2, 0.25) is 0 Å². The Balaban J connectivity index is 2.80. The van der Waals surface area contributed by atoms with Crippen LogP contribution in [0.5, 0.6) is 5.75 Å². The van der Waals surface area contributed by atoms with E-state index in [9.17, 15) is 9.59 Å². The SMILES string of the molecule is CCOC(=O)C(C)(C)Oc1ccc(CCC(=O)O)cc1C. The first-order chi connectivity index (χ1) is 9.76. The summed E-state index contributed by atoms with van der Waals surface area (Å²) in [7, 11) is 0. The largest absolute Gasteiger partial charge is 0.481 e. The number of ether oxygens (including phenoxy) is 2. The number of aryl methyl sites for hydroxylation is 2. The molecule has 0 fully saturated rings. The number of aliphatic carboxylic acids is 1. The Morgan fingerprint density at radius 3 is 2.48 bits per heavy atom. The van der Waals surface area contributed by atoms with E-state index in [4.69, 9.17) is 14.6 Å². The third-order valence-corrected chi connectivity index (χ3v) is 3.00. The number of carbonyl (C=O) groups is 2. The van der Waals surface area contributed by atoms with E-state index in [2.05, 4.69) is 0 Å². The molecule has 1 rings (SSSR count). The molecule has 0 spiro atoms. The van der Waals surface area contributed by atoms with Crippen molar-refractivity contribution in [1.29, 1.82) is 0 Å². The van der Waals surface area contributed by atoms with Gasteiger partial charge in [0.15, 0.2) is 5.60 Å². The molecule has 0 saturated carbocycles. The maximum atomic E-state index is 11.8. The van der Waals surface area contributed by atoms with Crippen LogP contribution in [0.3, 0.4) is 0 Å². The quantitative estimate of drug-likeness (QED) is 0.783. The van der Waals surface area contributed by atoms with Gasteiger partial charge in [0.1, 0.15) is 5.75 Å². The second kappa shape index (κ2) is 7.11. The summed E-state index contributed by atoms with van der Waals surface area (Å²) in [6.07, 6.45) is 0.561. The van der Waals surface area contributed by atoms with Gasteiger partial charge in [0, 0.05) is 6.42 Å². The zero-order chi connectivity index (χ0) is 16.0. The normalized spacial score (nSPS) is 11.0. The van der Waals surface area contributed by atoms with Gasteiger partial charge in [-0.25, -0.2) is 4.79 Å². The summed E-state index contributed by atoms with van der Waals surface area (Å²) >= 11 is 0. The van der Waals surface area contributed by atoms with Crippen LogP contribution in [0, 0.1) is 6.92 Å². The maximum Gasteiger partial charge on any atom is 0.349 e. The topological polar surface area (TPSA) is 72.8 Å². The summed E-state index contributed by atoms with van der Waals surface area (Å²) < 4.78 is 10.7. The molecule has 0 saturated heterocycles. The fraction of sp³-hybridized carbons (Fsp3) is 0.500. The number of benzene rings is 1. The molecule has 0 bridgehead atoms. The summed E-state index contributed by atoms with van der Waals surface area (Å²) in [5, 5.41) is 8.69. The number of carboxylic acids is 1. The van der Waals surface area contributed by atoms with Crippen LogP contribution < -0.4 is 4.74 Å². The molecule has 0 aliphatic rings. The molecular formula is C16H22O5. The van der Waals surface area contributed by atoms with Crippen molar-refractivity contribution in [3.8, 4) is 5.75 Å². The zero-order valence-electron chi connectivity index (χ0n) is 12.9. The van der Waals surface area contributed by atoms with Crippen LogP contribution in [0.2, 0.25) is 0 Å². The number of carboxylic acid groups (broad SMARTS) is 1. The first-order valence-electron chi connectivity index (χ1n) is 6.94. The van der Waals surface area contributed by atoms with Crippen LogP contribution in [-0.4, -0.2) is 29.3 Å². The molecule has 0 atom stereocenters. The molecule has 0 radical (unpaired) electrons. The standard InChI is InChI=1S/C16H22O5/c1-5-20-15(19)16(3,4)21-13-8-6-12(10-11(13)2)7-9-14(17)18/h6,8,10H,5,7,9H2,1-4H3,(H,17,18). The first-order valence-corrected chi connectivity index (χ1v) is 6.94. The van der Waals surface area contributed by atoms with Crippen molar-refractivity contribution in [2.45, 2.75) is 46.1 Å². The van der Waals surface area contributed by atoms with Gasteiger partial charge in [-0.1, -0.05) is 12.1 Å². The lowest BCUT2D eigenvalue weighted by Gasteiger charge is -2.25. The maximum absolute atomic E-state index is 11.8. The van der Waals surface area contributed by atoms with Crippen LogP contribution in [0.1, 0.15) is 38.3 Å². The third kappa shape index (κ3) is 5.10. The molecule has 1 N–H and O–H groups in total. The average molecular weight is 294 g/mol. The highest BCUT2D eigenvalue weighted by Crippen LogP contribution is 2.25. The molecule has 0 aliphatic carbocycles. The Labute approximate surface area is 124 Å². The van der Waals surface area contributed by atoms with Gasteiger partial charge in [0.25, 0.3) is 0 Å². The van der Waals surface area contributed by atoms with E-state index < -0.39 is 17.5 Å². The van der Waals surface area contributed by atoms with Crippen LogP contribution in [-0.2, 0) is 20.7 Å². The predicted octanol–water partition coefficient (Wildman–Crippen LogP) is 2.73. The van der Waals surface area contributed by atoms with Gasteiger partial charge in [-0.05, 0) is 51.3 Å². The van der Waals surface area contributed by atoms with E-state index in [1.165, 1.54) is 0 Å². The second-order valence-corrected chi connectivity index (χ2v) is 5.33. The highest BCUT2D eigenvalue weighted by molar-refractivity contribution is 5.79. The number of esters is 1. The van der Waals surface area contributed by atoms with E-state index >= 15 is 0 Å². The monoisotopic (exact) mass is 294 g/mol. The van der Waals surface area contributed by atoms with Gasteiger partial charge in [-0.2, -0.15) is 0 Å². The van der Waals surface area contributed by atoms with Gasteiger partial charge in [-0.3, -0.25) is 4.79 Å². The van der Waals surface area contributed by atoms with Gasteiger partial charge in [0.05, 0.1) is 6.61 Å². The molecule has 21 heavy (non-hydrogen) atoms. The van der Waals surface area contributed by atoms with Crippen molar-refractivity contribution in [2.75, 3.05) is 6.61 Å². The van der Waals surface area contributed by atoms with E-state index in [1.54, 1.807) is 26.8 Å². The molecule has 1 aromatic rings. The van der Waals surface area contributed by atoms with E-state index in [0.717, 1.165) is 11.1 Å². The molecule has 0 unspecified atom stereocenters. The molecule has 1 aromatic carbocycles. The summed E-state index contributed by atoms with van der Waals surface area (Å²) in [5.41, 5.74) is 0.718. The fourth-order valence-electron chi connectivity index (χ4n) is 1.85. The Kier molecular flexibility index (Phi) is 5.76. The van der Waals surface area contributed by atoms with Crippen LogP contribution >= 0.6 is 0 Å². The molecule has 116 valence electrons. The zero-order valence-corrected chi connectivity index (χ0v) is 12.9. The van der Waals surface area contributed by atoms with Gasteiger partial charge >= 0.3 is 11.9 Å². The molecular weight excluding hydrogens is 272 g/mol. The minimum Gasteiger partial charge on any atom is -0.481 e. The van der Waals surface area contributed by atoms with Crippen LogP contribution in [0.4, 0.5) is 0 Å². The number of hydrogen-bond acceptors (Lipinski definition) is 4. The summed E-state index contributed by atoms with van der Waals surface area (Å²) in [5.74, 6) is -0.650. The van der Waals surface area contributed by atoms with Crippen LogP contribution in [0.15, 0.2) is 18.2 Å². The van der Waals surface area contributed by atoms with Crippen molar-refractivity contribution in [3.63, 3.8) is 0 Å². The average Bonchev–Trinajstić information content (AvgIpc) is 2.39. The lowest BCUT2D eigenvalue weighted by atomic mass is 10.1. The highest BCUT2D eigenvalue weighted by Gasteiger charge is 2.32.